The van der Waals surface area contributed by atoms with Crippen LogP contribution in [0.2, 0.25) is 5.02 Å². The van der Waals surface area contributed by atoms with Crippen LogP contribution in [0.5, 0.6) is 0 Å². The topological polar surface area (TPSA) is 46.2 Å². The Labute approximate surface area is 106 Å². The molecule has 0 amide bonds. The zero-order valence-electron chi connectivity index (χ0n) is 9.63. The largest absolute Gasteiger partial charge is 0.390 e. The molecule has 0 radical (unpaired) electrons. The lowest BCUT2D eigenvalue weighted by atomic mass is 9.79. The van der Waals surface area contributed by atoms with Crippen molar-refractivity contribution in [3.8, 4) is 0 Å². The van der Waals surface area contributed by atoms with Crippen molar-refractivity contribution in [2.45, 2.75) is 43.7 Å². The van der Waals surface area contributed by atoms with E-state index in [2.05, 4.69) is 0 Å². The minimum atomic E-state index is -0.784. The van der Waals surface area contributed by atoms with Crippen molar-refractivity contribution in [1.82, 2.24) is 0 Å². The highest BCUT2D eigenvalue weighted by Gasteiger charge is 2.32. The molecule has 1 fully saturated rings. The van der Waals surface area contributed by atoms with Gasteiger partial charge in [0.1, 0.15) is 5.82 Å². The summed E-state index contributed by atoms with van der Waals surface area (Å²) < 4.78 is 13.1. The van der Waals surface area contributed by atoms with Crippen molar-refractivity contribution in [3.63, 3.8) is 0 Å². The molecule has 3 N–H and O–H groups in total. The van der Waals surface area contributed by atoms with Gasteiger partial charge in [-0.1, -0.05) is 11.6 Å². The van der Waals surface area contributed by atoms with Gasteiger partial charge in [-0.15, -0.1) is 0 Å². The Morgan fingerprint density at radius 3 is 2.71 bits per heavy atom. The molecule has 1 saturated carbocycles. The second kappa shape index (κ2) is 4.92. The first-order chi connectivity index (χ1) is 7.98. The Morgan fingerprint density at radius 2 is 2.06 bits per heavy atom. The summed E-state index contributed by atoms with van der Waals surface area (Å²) >= 11 is 6.00. The van der Waals surface area contributed by atoms with Gasteiger partial charge in [0.05, 0.1) is 5.60 Å². The first-order valence-electron chi connectivity index (χ1n) is 5.90. The van der Waals surface area contributed by atoms with E-state index in [1.165, 1.54) is 18.2 Å². The van der Waals surface area contributed by atoms with E-state index in [9.17, 15) is 9.50 Å². The van der Waals surface area contributed by atoms with Crippen molar-refractivity contribution in [1.29, 1.82) is 0 Å². The second-order valence-corrected chi connectivity index (χ2v) is 5.38. The Bertz CT molecular complexity index is 402. The molecule has 0 aromatic heterocycles. The quantitative estimate of drug-likeness (QED) is 0.856. The maximum absolute atomic E-state index is 13.1. The van der Waals surface area contributed by atoms with Gasteiger partial charge in [0.15, 0.2) is 0 Å². The van der Waals surface area contributed by atoms with Crippen molar-refractivity contribution in [2.24, 2.45) is 5.73 Å². The van der Waals surface area contributed by atoms with Crippen LogP contribution >= 0.6 is 11.6 Å². The molecule has 2 rings (SSSR count). The summed E-state index contributed by atoms with van der Waals surface area (Å²) in [7, 11) is 0. The lowest BCUT2D eigenvalue weighted by molar-refractivity contribution is 0.000189. The molecule has 2 nitrogen and oxygen atoms in total. The van der Waals surface area contributed by atoms with Crippen LogP contribution in [0.15, 0.2) is 18.2 Å². The Kier molecular flexibility index (Phi) is 3.71. The van der Waals surface area contributed by atoms with Crippen molar-refractivity contribution in [2.75, 3.05) is 0 Å². The zero-order chi connectivity index (χ0) is 12.5. The van der Waals surface area contributed by atoms with Gasteiger partial charge >= 0.3 is 0 Å². The Hall–Kier alpha value is -0.640. The molecule has 0 heterocycles. The van der Waals surface area contributed by atoms with E-state index in [4.69, 9.17) is 17.3 Å². The van der Waals surface area contributed by atoms with Gasteiger partial charge in [0, 0.05) is 17.5 Å². The smallest absolute Gasteiger partial charge is 0.123 e. The van der Waals surface area contributed by atoms with E-state index < -0.39 is 5.60 Å². The fourth-order valence-corrected chi connectivity index (χ4v) is 2.57. The molecule has 0 aliphatic heterocycles. The van der Waals surface area contributed by atoms with Crippen LogP contribution in [-0.4, -0.2) is 16.7 Å². The van der Waals surface area contributed by atoms with Crippen LogP contribution in [0.4, 0.5) is 4.39 Å². The number of benzene rings is 1. The van der Waals surface area contributed by atoms with Crippen molar-refractivity contribution in [3.05, 3.63) is 34.6 Å². The predicted octanol–water partition coefficient (Wildman–Crippen LogP) is 2.65. The Balaban J connectivity index is 2.12. The summed E-state index contributed by atoms with van der Waals surface area (Å²) in [6.07, 6.45) is 3.32. The third kappa shape index (κ3) is 3.18. The molecule has 1 aromatic rings. The minimum absolute atomic E-state index is 0.179. The SMILES string of the molecule is NC1CCC(O)(Cc2cc(F)ccc2Cl)CC1. The molecule has 0 saturated heterocycles. The van der Waals surface area contributed by atoms with Crippen LogP contribution in [0.1, 0.15) is 31.2 Å². The maximum atomic E-state index is 13.1. The second-order valence-electron chi connectivity index (χ2n) is 4.97. The summed E-state index contributed by atoms with van der Waals surface area (Å²) in [4.78, 5) is 0. The van der Waals surface area contributed by atoms with Gasteiger partial charge in [-0.3, -0.25) is 0 Å². The third-order valence-corrected chi connectivity index (χ3v) is 3.86. The average molecular weight is 258 g/mol. The van der Waals surface area contributed by atoms with E-state index >= 15 is 0 Å². The Morgan fingerprint density at radius 1 is 1.41 bits per heavy atom. The van der Waals surface area contributed by atoms with Gasteiger partial charge in [-0.05, 0) is 49.4 Å². The van der Waals surface area contributed by atoms with Gasteiger partial charge < -0.3 is 10.8 Å². The number of aliphatic hydroxyl groups is 1. The van der Waals surface area contributed by atoms with Crippen LogP contribution in [0.3, 0.4) is 0 Å². The van der Waals surface area contributed by atoms with E-state index in [0.717, 1.165) is 12.8 Å². The summed E-state index contributed by atoms with van der Waals surface area (Å²) in [5.74, 6) is -0.319. The number of rotatable bonds is 2. The van der Waals surface area contributed by atoms with Crippen molar-refractivity contribution < 1.29 is 9.50 Å². The number of halogens is 2. The molecule has 0 bridgehead atoms. The average Bonchev–Trinajstić information content (AvgIpc) is 2.28. The van der Waals surface area contributed by atoms with Crippen LogP contribution in [0, 0.1) is 5.82 Å². The number of nitrogens with two attached hydrogens (primary N) is 1. The first-order valence-corrected chi connectivity index (χ1v) is 6.28. The molecule has 4 heteroatoms. The van der Waals surface area contributed by atoms with Crippen LogP contribution < -0.4 is 5.73 Å². The normalized spacial score (nSPS) is 29.3. The minimum Gasteiger partial charge on any atom is -0.390 e. The van der Waals surface area contributed by atoms with Crippen LogP contribution in [-0.2, 0) is 6.42 Å². The van der Waals surface area contributed by atoms with Gasteiger partial charge in [-0.2, -0.15) is 0 Å². The highest BCUT2D eigenvalue weighted by atomic mass is 35.5. The zero-order valence-corrected chi connectivity index (χ0v) is 10.4. The van der Waals surface area contributed by atoms with Crippen molar-refractivity contribution >= 4 is 11.6 Å². The summed E-state index contributed by atoms with van der Waals surface area (Å²) in [5.41, 5.74) is 5.69. The molecule has 0 atom stereocenters. The molecule has 1 aliphatic carbocycles. The van der Waals surface area contributed by atoms with Gasteiger partial charge in [0.25, 0.3) is 0 Å². The fourth-order valence-electron chi connectivity index (χ4n) is 2.39. The predicted molar refractivity (Wildman–Crippen MR) is 66.5 cm³/mol. The van der Waals surface area contributed by atoms with Gasteiger partial charge in [0.2, 0.25) is 0 Å². The first kappa shape index (κ1) is 12.8. The van der Waals surface area contributed by atoms with Gasteiger partial charge in [-0.25, -0.2) is 4.39 Å². The van der Waals surface area contributed by atoms with E-state index in [-0.39, 0.29) is 11.9 Å². The molecule has 0 unspecified atom stereocenters. The molecule has 1 aliphatic rings. The lowest BCUT2D eigenvalue weighted by Gasteiger charge is -2.35. The number of hydrogen-bond acceptors (Lipinski definition) is 2. The summed E-state index contributed by atoms with van der Waals surface area (Å²) in [6, 6.07) is 4.43. The molecule has 0 spiro atoms. The lowest BCUT2D eigenvalue weighted by Crippen LogP contribution is -2.40. The number of hydrogen-bond donors (Lipinski definition) is 2. The van der Waals surface area contributed by atoms with E-state index in [0.29, 0.717) is 29.8 Å². The highest BCUT2D eigenvalue weighted by Crippen LogP contribution is 2.32. The molecule has 1 aromatic carbocycles. The standard InChI is InChI=1S/C13H17ClFNO/c14-12-2-1-10(15)7-9(12)8-13(17)5-3-11(16)4-6-13/h1-2,7,11,17H,3-6,8,16H2. The maximum Gasteiger partial charge on any atom is 0.123 e. The van der Waals surface area contributed by atoms with E-state index in [1.807, 2.05) is 0 Å². The third-order valence-electron chi connectivity index (χ3n) is 3.49. The summed E-state index contributed by atoms with van der Waals surface area (Å²) in [6.45, 7) is 0. The molecule has 17 heavy (non-hydrogen) atoms. The fraction of sp³-hybridized carbons (Fsp3) is 0.538. The molecular weight excluding hydrogens is 241 g/mol. The van der Waals surface area contributed by atoms with Crippen LogP contribution in [0.25, 0.3) is 0 Å². The monoisotopic (exact) mass is 257 g/mol. The summed E-state index contributed by atoms with van der Waals surface area (Å²) in [5, 5.41) is 10.9. The molecule has 94 valence electrons. The van der Waals surface area contributed by atoms with E-state index in [1.54, 1.807) is 0 Å². The molecular formula is C13H17ClFNO. The highest BCUT2D eigenvalue weighted by molar-refractivity contribution is 6.31.